The van der Waals surface area contributed by atoms with Crippen LogP contribution in [0, 0.1) is 6.92 Å². The van der Waals surface area contributed by atoms with E-state index in [4.69, 9.17) is 23.2 Å². The molecule has 0 bridgehead atoms. The largest absolute Gasteiger partial charge is 0.364 e. The van der Waals surface area contributed by atoms with Gasteiger partial charge in [-0.15, -0.1) is 0 Å². The van der Waals surface area contributed by atoms with Crippen molar-refractivity contribution in [2.24, 2.45) is 0 Å². The van der Waals surface area contributed by atoms with Gasteiger partial charge in [0.1, 0.15) is 0 Å². The average Bonchev–Trinajstić information content (AvgIpc) is 3.28. The lowest BCUT2D eigenvalue weighted by molar-refractivity contribution is 0.0257. The van der Waals surface area contributed by atoms with E-state index in [1.165, 1.54) is 29.3 Å². The Morgan fingerprint density at radius 2 is 1.86 bits per heavy atom. The van der Waals surface area contributed by atoms with Gasteiger partial charge in [-0.2, -0.15) is 0 Å². The van der Waals surface area contributed by atoms with Crippen molar-refractivity contribution in [2.45, 2.75) is 19.3 Å². The van der Waals surface area contributed by atoms with Gasteiger partial charge < -0.3 is 14.8 Å². The molecular formula is C22H21Cl2F2N5O3S. The molecule has 0 radical (unpaired) electrons. The van der Waals surface area contributed by atoms with E-state index in [1.54, 1.807) is 29.8 Å². The van der Waals surface area contributed by atoms with Crippen LogP contribution in [0.3, 0.4) is 0 Å². The summed E-state index contributed by atoms with van der Waals surface area (Å²) in [6.07, 6.45) is 3.80. The predicted octanol–water partition coefficient (Wildman–Crippen LogP) is 4.96. The fourth-order valence-corrected chi connectivity index (χ4v) is 4.82. The zero-order valence-electron chi connectivity index (χ0n) is 18.6. The Labute approximate surface area is 210 Å². The number of carbonyl (C=O) groups is 1. The lowest BCUT2D eigenvalue weighted by atomic mass is 10.2. The summed E-state index contributed by atoms with van der Waals surface area (Å²) >= 11 is 12.5. The maximum Gasteiger partial charge on any atom is 0.266 e. The third kappa shape index (κ3) is 6.03. The number of anilines is 3. The highest BCUT2D eigenvalue weighted by atomic mass is 35.5. The summed E-state index contributed by atoms with van der Waals surface area (Å²) < 4.78 is 54.0. The Kier molecular flexibility index (Phi) is 6.69. The van der Waals surface area contributed by atoms with Gasteiger partial charge in [0.2, 0.25) is 10.0 Å². The highest BCUT2D eigenvalue weighted by Crippen LogP contribution is 2.33. The predicted molar refractivity (Wildman–Crippen MR) is 133 cm³/mol. The molecule has 8 nitrogen and oxygen atoms in total. The van der Waals surface area contributed by atoms with Gasteiger partial charge in [0, 0.05) is 35.6 Å². The normalized spacial score (nSPS) is 15.3. The molecule has 0 atom stereocenters. The molecule has 3 heterocycles. The van der Waals surface area contributed by atoms with Crippen molar-refractivity contribution in [2.75, 3.05) is 34.3 Å². The molecule has 35 heavy (non-hydrogen) atoms. The molecule has 1 aromatic carbocycles. The first-order chi connectivity index (χ1) is 16.3. The van der Waals surface area contributed by atoms with Crippen molar-refractivity contribution in [3.8, 4) is 5.82 Å². The fraction of sp³-hybridized carbons (Fsp3) is 0.273. The molecule has 2 aromatic heterocycles. The molecule has 13 heteroatoms. The van der Waals surface area contributed by atoms with Gasteiger partial charge in [-0.05, 0) is 37.3 Å². The topological polar surface area (TPSA) is 96.3 Å². The second kappa shape index (κ2) is 9.29. The number of amides is 1. The zero-order chi connectivity index (χ0) is 25.5. The number of aromatic nitrogens is 2. The molecule has 1 fully saturated rings. The van der Waals surface area contributed by atoms with Crippen LogP contribution < -0.4 is 14.9 Å². The molecule has 0 unspecified atom stereocenters. The number of hydrogen-bond donors (Lipinski definition) is 2. The van der Waals surface area contributed by atoms with Crippen LogP contribution in [0.5, 0.6) is 0 Å². The van der Waals surface area contributed by atoms with Crippen LogP contribution in [0.1, 0.15) is 22.5 Å². The number of nitrogens with zero attached hydrogens (tertiary/aromatic N) is 3. The third-order valence-corrected chi connectivity index (χ3v) is 6.41. The van der Waals surface area contributed by atoms with Crippen LogP contribution in [0.15, 0.2) is 42.7 Å². The standard InChI is InChI=1S/C22H21Cl2F2N5O3S/c1-13-5-14(21(32)28-16-6-15(23)7-17(8-16)29-35(2,33)34)11-31(13)20-19(24)9-18(10-27-20)30-4-3-22(25,26)12-30/h5-11,29H,3-4,12H2,1-2H3,(H,28,32). The average molecular weight is 544 g/mol. The first kappa shape index (κ1) is 25.2. The number of benzene rings is 1. The molecule has 4 rings (SSSR count). The number of hydrogen-bond acceptors (Lipinski definition) is 5. The number of halogens is 4. The monoisotopic (exact) mass is 543 g/mol. The van der Waals surface area contributed by atoms with Crippen molar-refractivity contribution in [3.05, 3.63) is 64.0 Å². The molecule has 0 spiro atoms. The van der Waals surface area contributed by atoms with Crippen molar-refractivity contribution >= 4 is 56.2 Å². The van der Waals surface area contributed by atoms with E-state index in [1.807, 2.05) is 0 Å². The molecular weight excluding hydrogens is 523 g/mol. The third-order valence-electron chi connectivity index (χ3n) is 5.30. The smallest absolute Gasteiger partial charge is 0.266 e. The SMILES string of the molecule is Cc1cc(C(=O)Nc2cc(Cl)cc(NS(C)(=O)=O)c2)cn1-c1ncc(N2CCC(F)(F)C2)cc1Cl. The van der Waals surface area contributed by atoms with Gasteiger partial charge in [-0.1, -0.05) is 23.2 Å². The van der Waals surface area contributed by atoms with Crippen LogP contribution in [-0.2, 0) is 10.0 Å². The van der Waals surface area contributed by atoms with E-state index >= 15 is 0 Å². The summed E-state index contributed by atoms with van der Waals surface area (Å²) in [4.78, 5) is 18.7. The Balaban J connectivity index is 1.55. The molecule has 1 aliphatic heterocycles. The first-order valence-corrected chi connectivity index (χ1v) is 13.0. The Morgan fingerprint density at radius 1 is 1.14 bits per heavy atom. The van der Waals surface area contributed by atoms with Crippen molar-refractivity contribution < 1.29 is 22.0 Å². The molecule has 1 amide bonds. The molecule has 1 aliphatic rings. The summed E-state index contributed by atoms with van der Waals surface area (Å²) in [7, 11) is -3.53. The quantitative estimate of drug-likeness (QED) is 0.458. The highest BCUT2D eigenvalue weighted by Gasteiger charge is 2.38. The Bertz CT molecular complexity index is 1410. The molecule has 0 aliphatic carbocycles. The minimum absolute atomic E-state index is 0.205. The Hall–Kier alpha value is -2.89. The van der Waals surface area contributed by atoms with E-state index in [2.05, 4.69) is 15.0 Å². The number of nitrogens with one attached hydrogen (secondary N) is 2. The van der Waals surface area contributed by atoms with Crippen LogP contribution >= 0.6 is 23.2 Å². The number of carbonyl (C=O) groups excluding carboxylic acids is 1. The summed E-state index contributed by atoms with van der Waals surface area (Å²) in [6.45, 7) is 1.58. The Morgan fingerprint density at radius 3 is 2.49 bits per heavy atom. The number of aryl methyl sites for hydroxylation is 1. The molecule has 3 aromatic rings. The minimum Gasteiger partial charge on any atom is -0.364 e. The minimum atomic E-state index is -3.53. The van der Waals surface area contributed by atoms with Gasteiger partial charge in [-0.25, -0.2) is 22.2 Å². The maximum atomic E-state index is 13.6. The molecule has 1 saturated heterocycles. The van der Waals surface area contributed by atoms with Crippen molar-refractivity contribution in [1.29, 1.82) is 0 Å². The lowest BCUT2D eigenvalue weighted by Crippen LogP contribution is -2.25. The second-order valence-corrected chi connectivity index (χ2v) is 10.9. The van der Waals surface area contributed by atoms with Crippen LogP contribution in [0.4, 0.5) is 25.8 Å². The number of rotatable bonds is 6. The van der Waals surface area contributed by atoms with Gasteiger partial charge in [-0.3, -0.25) is 9.52 Å². The van der Waals surface area contributed by atoms with E-state index in [0.29, 0.717) is 28.5 Å². The van der Waals surface area contributed by atoms with Crippen LogP contribution in [-0.4, -0.2) is 49.1 Å². The molecule has 0 saturated carbocycles. The summed E-state index contributed by atoms with van der Waals surface area (Å²) in [5, 5.41) is 3.16. The van der Waals surface area contributed by atoms with Gasteiger partial charge in [0.25, 0.3) is 11.8 Å². The second-order valence-electron chi connectivity index (χ2n) is 8.32. The lowest BCUT2D eigenvalue weighted by Gasteiger charge is -2.19. The van der Waals surface area contributed by atoms with E-state index in [0.717, 1.165) is 6.26 Å². The molecule has 2 N–H and O–H groups in total. The van der Waals surface area contributed by atoms with Crippen LogP contribution in [0.2, 0.25) is 10.0 Å². The van der Waals surface area contributed by atoms with Crippen molar-refractivity contribution in [1.82, 2.24) is 9.55 Å². The molecule has 186 valence electrons. The van der Waals surface area contributed by atoms with Gasteiger partial charge in [0.15, 0.2) is 5.82 Å². The van der Waals surface area contributed by atoms with Gasteiger partial charge in [0.05, 0.1) is 41.0 Å². The van der Waals surface area contributed by atoms with Crippen LogP contribution in [0.25, 0.3) is 5.82 Å². The number of pyridine rings is 1. The maximum absolute atomic E-state index is 13.6. The first-order valence-electron chi connectivity index (χ1n) is 10.4. The fourth-order valence-electron chi connectivity index (χ4n) is 3.79. The zero-order valence-corrected chi connectivity index (χ0v) is 21.0. The summed E-state index contributed by atoms with van der Waals surface area (Å²) in [6, 6.07) is 7.54. The van der Waals surface area contributed by atoms with E-state index in [-0.39, 0.29) is 35.2 Å². The van der Waals surface area contributed by atoms with Gasteiger partial charge >= 0.3 is 0 Å². The summed E-state index contributed by atoms with van der Waals surface area (Å²) in [5.74, 6) is -2.86. The summed E-state index contributed by atoms with van der Waals surface area (Å²) in [5.41, 5.74) is 1.95. The van der Waals surface area contributed by atoms with E-state index in [9.17, 15) is 22.0 Å². The van der Waals surface area contributed by atoms with E-state index < -0.39 is 21.9 Å². The van der Waals surface area contributed by atoms with Crippen molar-refractivity contribution in [3.63, 3.8) is 0 Å². The number of sulfonamides is 1. The highest BCUT2D eigenvalue weighted by molar-refractivity contribution is 7.92. The number of alkyl halides is 2.